The third-order valence-corrected chi connectivity index (χ3v) is 5.54. The van der Waals surface area contributed by atoms with Crippen molar-refractivity contribution in [1.29, 1.82) is 0 Å². The molecule has 6 nitrogen and oxygen atoms in total. The van der Waals surface area contributed by atoms with Crippen LogP contribution in [0.3, 0.4) is 0 Å². The molecule has 1 heterocycles. The minimum absolute atomic E-state index is 0.0668. The number of ether oxygens (including phenoxy) is 1. The molecule has 3 aromatic rings. The molecule has 0 radical (unpaired) electrons. The predicted octanol–water partition coefficient (Wildman–Crippen LogP) is 5.09. The van der Waals surface area contributed by atoms with Gasteiger partial charge in [0.2, 0.25) is 5.91 Å². The van der Waals surface area contributed by atoms with Gasteiger partial charge in [0.25, 0.3) is 0 Å². The lowest BCUT2D eigenvalue weighted by molar-refractivity contribution is -0.119. The van der Waals surface area contributed by atoms with Gasteiger partial charge in [-0.05, 0) is 11.5 Å². The first kappa shape index (κ1) is 21.5. The summed E-state index contributed by atoms with van der Waals surface area (Å²) in [6, 6.07) is 18.4. The van der Waals surface area contributed by atoms with E-state index in [-0.39, 0.29) is 18.4 Å². The maximum atomic E-state index is 12.9. The van der Waals surface area contributed by atoms with Gasteiger partial charge in [-0.3, -0.25) is 4.79 Å². The number of anilines is 1. The second kappa shape index (κ2) is 10.5. The molecule has 30 heavy (non-hydrogen) atoms. The minimum atomic E-state index is -0.720. The lowest BCUT2D eigenvalue weighted by Gasteiger charge is -2.22. The van der Waals surface area contributed by atoms with Gasteiger partial charge in [0.1, 0.15) is 12.6 Å². The molecule has 0 aliphatic rings. The number of thiazole rings is 1. The van der Waals surface area contributed by atoms with Gasteiger partial charge in [-0.1, -0.05) is 80.9 Å². The molecular formula is C23H25N3O3S. The Morgan fingerprint density at radius 3 is 2.40 bits per heavy atom. The van der Waals surface area contributed by atoms with Crippen LogP contribution in [0.5, 0.6) is 0 Å². The number of benzene rings is 2. The Balaban J connectivity index is 1.61. The third kappa shape index (κ3) is 5.90. The average molecular weight is 424 g/mol. The van der Waals surface area contributed by atoms with Gasteiger partial charge in [-0.15, -0.1) is 11.3 Å². The summed E-state index contributed by atoms with van der Waals surface area (Å²) in [6.45, 7) is 4.03. The molecule has 2 aromatic carbocycles. The van der Waals surface area contributed by atoms with Crippen LogP contribution in [0.25, 0.3) is 11.3 Å². The number of rotatable bonds is 8. The normalized spacial score (nSPS) is 12.6. The maximum Gasteiger partial charge on any atom is 0.408 e. The van der Waals surface area contributed by atoms with Gasteiger partial charge < -0.3 is 15.4 Å². The molecule has 0 saturated carbocycles. The van der Waals surface area contributed by atoms with Crippen LogP contribution < -0.4 is 10.6 Å². The molecular weight excluding hydrogens is 398 g/mol. The zero-order chi connectivity index (χ0) is 21.3. The Morgan fingerprint density at radius 1 is 1.07 bits per heavy atom. The van der Waals surface area contributed by atoms with Crippen molar-refractivity contribution in [3.63, 3.8) is 0 Å². The summed E-state index contributed by atoms with van der Waals surface area (Å²) < 4.78 is 5.27. The Labute approximate surface area is 180 Å². The van der Waals surface area contributed by atoms with Crippen molar-refractivity contribution >= 4 is 28.5 Å². The maximum absolute atomic E-state index is 12.9. The molecule has 0 saturated heterocycles. The van der Waals surface area contributed by atoms with Crippen LogP contribution in [-0.2, 0) is 16.1 Å². The zero-order valence-electron chi connectivity index (χ0n) is 17.0. The van der Waals surface area contributed by atoms with Crippen molar-refractivity contribution in [2.24, 2.45) is 5.92 Å². The Kier molecular flexibility index (Phi) is 7.57. The topological polar surface area (TPSA) is 80.3 Å². The number of nitrogens with zero attached hydrogens (tertiary/aromatic N) is 1. The van der Waals surface area contributed by atoms with Crippen molar-refractivity contribution in [2.75, 3.05) is 5.32 Å². The number of amides is 2. The highest BCUT2D eigenvalue weighted by molar-refractivity contribution is 7.14. The summed E-state index contributed by atoms with van der Waals surface area (Å²) in [7, 11) is 0. The van der Waals surface area contributed by atoms with Crippen LogP contribution in [0.15, 0.2) is 66.0 Å². The fourth-order valence-electron chi connectivity index (χ4n) is 2.85. The van der Waals surface area contributed by atoms with Gasteiger partial charge in [-0.25, -0.2) is 9.78 Å². The quantitative estimate of drug-likeness (QED) is 0.529. The molecule has 7 heteroatoms. The Morgan fingerprint density at radius 2 is 1.73 bits per heavy atom. The van der Waals surface area contributed by atoms with E-state index in [1.165, 1.54) is 11.3 Å². The van der Waals surface area contributed by atoms with E-state index in [0.717, 1.165) is 23.2 Å². The van der Waals surface area contributed by atoms with Crippen molar-refractivity contribution in [3.8, 4) is 11.3 Å². The number of aromatic nitrogens is 1. The van der Waals surface area contributed by atoms with E-state index in [0.29, 0.717) is 5.13 Å². The highest BCUT2D eigenvalue weighted by atomic mass is 32.1. The standard InChI is InChI=1S/C23H25N3O3S/c1-3-16(2)20(25-23(28)29-14-17-10-6-4-7-11-17)21(27)26-22-24-19(15-30-22)18-12-8-5-9-13-18/h4-13,15-16,20H,3,14H2,1-2H3,(H,25,28)(H,24,26,27)/t16-,20+/m0/s1. The first-order valence-corrected chi connectivity index (χ1v) is 10.7. The zero-order valence-corrected chi connectivity index (χ0v) is 17.8. The first-order chi connectivity index (χ1) is 14.6. The van der Waals surface area contributed by atoms with E-state index >= 15 is 0 Å². The van der Waals surface area contributed by atoms with Crippen molar-refractivity contribution < 1.29 is 14.3 Å². The number of nitrogens with one attached hydrogen (secondary N) is 2. The van der Waals surface area contributed by atoms with E-state index in [1.54, 1.807) is 0 Å². The first-order valence-electron chi connectivity index (χ1n) is 9.86. The second-order valence-corrected chi connectivity index (χ2v) is 7.82. The summed E-state index contributed by atoms with van der Waals surface area (Å²) in [5.74, 6) is -0.377. The van der Waals surface area contributed by atoms with Crippen LogP contribution in [-0.4, -0.2) is 23.0 Å². The number of hydrogen-bond acceptors (Lipinski definition) is 5. The lowest BCUT2D eigenvalue weighted by Crippen LogP contribution is -2.47. The number of alkyl carbamates (subject to hydrolysis) is 1. The molecule has 3 rings (SSSR count). The number of hydrogen-bond donors (Lipinski definition) is 2. The molecule has 2 N–H and O–H groups in total. The van der Waals surface area contributed by atoms with Crippen LogP contribution in [0.2, 0.25) is 0 Å². The van der Waals surface area contributed by atoms with Gasteiger partial charge in [-0.2, -0.15) is 0 Å². The van der Waals surface area contributed by atoms with Crippen LogP contribution in [0, 0.1) is 5.92 Å². The fraction of sp³-hybridized carbons (Fsp3) is 0.261. The van der Waals surface area contributed by atoms with Gasteiger partial charge >= 0.3 is 6.09 Å². The molecule has 2 atom stereocenters. The Hall–Kier alpha value is -3.19. The highest BCUT2D eigenvalue weighted by Crippen LogP contribution is 2.25. The largest absolute Gasteiger partial charge is 0.445 e. The number of carbonyl (C=O) groups is 2. The summed E-state index contributed by atoms with van der Waals surface area (Å²) >= 11 is 1.35. The van der Waals surface area contributed by atoms with Gasteiger partial charge in [0.05, 0.1) is 5.69 Å². The van der Waals surface area contributed by atoms with Crippen molar-refractivity contribution in [1.82, 2.24) is 10.3 Å². The highest BCUT2D eigenvalue weighted by Gasteiger charge is 2.27. The molecule has 0 unspecified atom stereocenters. The molecule has 0 bridgehead atoms. The molecule has 156 valence electrons. The van der Waals surface area contributed by atoms with Crippen LogP contribution >= 0.6 is 11.3 Å². The summed E-state index contributed by atoms with van der Waals surface area (Å²) in [4.78, 5) is 29.6. The third-order valence-electron chi connectivity index (χ3n) is 4.79. The summed E-state index contributed by atoms with van der Waals surface area (Å²) in [5, 5.41) is 7.91. The monoisotopic (exact) mass is 423 g/mol. The van der Waals surface area contributed by atoms with E-state index < -0.39 is 12.1 Å². The van der Waals surface area contributed by atoms with Crippen LogP contribution in [0.4, 0.5) is 9.93 Å². The van der Waals surface area contributed by atoms with E-state index in [1.807, 2.05) is 79.9 Å². The van der Waals surface area contributed by atoms with Crippen LogP contribution in [0.1, 0.15) is 25.8 Å². The van der Waals surface area contributed by atoms with Gasteiger partial charge in [0, 0.05) is 10.9 Å². The predicted molar refractivity (Wildman–Crippen MR) is 119 cm³/mol. The van der Waals surface area contributed by atoms with Crippen molar-refractivity contribution in [2.45, 2.75) is 32.9 Å². The fourth-order valence-corrected chi connectivity index (χ4v) is 3.57. The molecule has 2 amide bonds. The molecule has 1 aromatic heterocycles. The van der Waals surface area contributed by atoms with E-state index in [4.69, 9.17) is 4.74 Å². The SMILES string of the molecule is CC[C@H](C)[C@@H](NC(=O)OCc1ccccc1)C(=O)Nc1nc(-c2ccccc2)cs1. The molecule has 0 aliphatic carbocycles. The number of carbonyl (C=O) groups excluding carboxylic acids is 2. The van der Waals surface area contributed by atoms with E-state index in [2.05, 4.69) is 15.6 Å². The lowest BCUT2D eigenvalue weighted by atomic mass is 9.98. The summed E-state index contributed by atoms with van der Waals surface area (Å²) in [6.07, 6.45) is 0.105. The molecule has 0 spiro atoms. The molecule has 0 fully saturated rings. The van der Waals surface area contributed by atoms with E-state index in [9.17, 15) is 9.59 Å². The summed E-state index contributed by atoms with van der Waals surface area (Å²) in [5.41, 5.74) is 2.66. The Bertz CT molecular complexity index is 960. The van der Waals surface area contributed by atoms with Crippen molar-refractivity contribution in [3.05, 3.63) is 71.6 Å². The minimum Gasteiger partial charge on any atom is -0.445 e. The van der Waals surface area contributed by atoms with Gasteiger partial charge in [0.15, 0.2) is 5.13 Å². The second-order valence-electron chi connectivity index (χ2n) is 6.96. The smallest absolute Gasteiger partial charge is 0.408 e. The molecule has 0 aliphatic heterocycles. The average Bonchev–Trinajstić information content (AvgIpc) is 3.25.